The van der Waals surface area contributed by atoms with E-state index in [-0.39, 0.29) is 16.8 Å². The fourth-order valence-corrected chi connectivity index (χ4v) is 2.98. The van der Waals surface area contributed by atoms with Gasteiger partial charge in [-0.3, -0.25) is 4.79 Å². The molecule has 1 amide bonds. The second kappa shape index (κ2) is 5.29. The Morgan fingerprint density at radius 3 is 2.75 bits per heavy atom. The second-order valence-electron chi connectivity index (χ2n) is 4.73. The fourth-order valence-electron chi connectivity index (χ4n) is 2.44. The van der Waals surface area contributed by atoms with E-state index in [1.807, 2.05) is 4.90 Å². The van der Waals surface area contributed by atoms with Crippen LogP contribution in [0.15, 0.2) is 23.1 Å². The van der Waals surface area contributed by atoms with E-state index in [0.717, 1.165) is 6.42 Å². The minimum atomic E-state index is -3.80. The highest BCUT2D eigenvalue weighted by atomic mass is 32.2. The summed E-state index contributed by atoms with van der Waals surface area (Å²) in [6, 6.07) is 3.94. The number of hydrogen-bond acceptors (Lipinski definition) is 5. The summed E-state index contributed by atoms with van der Waals surface area (Å²) in [5.74, 6) is -0.108. The van der Waals surface area contributed by atoms with Gasteiger partial charge in [-0.15, -0.1) is 0 Å². The predicted octanol–water partition coefficient (Wildman–Crippen LogP) is -0.369. The lowest BCUT2D eigenvalue weighted by Gasteiger charge is -2.27. The van der Waals surface area contributed by atoms with Gasteiger partial charge in [0.25, 0.3) is 0 Å². The third-order valence-electron chi connectivity index (χ3n) is 3.44. The van der Waals surface area contributed by atoms with E-state index in [4.69, 9.17) is 10.9 Å². The Morgan fingerprint density at radius 1 is 1.45 bits per heavy atom. The van der Waals surface area contributed by atoms with E-state index >= 15 is 0 Å². The van der Waals surface area contributed by atoms with Gasteiger partial charge in [0.2, 0.25) is 15.9 Å². The molecule has 0 radical (unpaired) electrons. The molecule has 110 valence electrons. The first-order chi connectivity index (χ1) is 9.34. The van der Waals surface area contributed by atoms with E-state index in [1.165, 1.54) is 18.2 Å². The smallest absolute Gasteiger partial charge is 0.242 e. The predicted molar refractivity (Wildman–Crippen MR) is 76.7 cm³/mol. The number of carbonyl (C=O) groups excluding carboxylic acids is 1. The molecule has 1 aliphatic rings. The number of benzene rings is 1. The van der Waals surface area contributed by atoms with Crippen molar-refractivity contribution in [1.82, 2.24) is 5.32 Å². The summed E-state index contributed by atoms with van der Waals surface area (Å²) in [5.41, 5.74) is 6.86. The SMILES string of the molecule is CNC(=O)C1CCCN1c1cc(S(N)(=O)=O)ccc1N. The van der Waals surface area contributed by atoms with Crippen molar-refractivity contribution in [2.45, 2.75) is 23.8 Å². The average molecular weight is 298 g/mol. The van der Waals surface area contributed by atoms with Crippen LogP contribution in [0.1, 0.15) is 12.8 Å². The fraction of sp³-hybridized carbons (Fsp3) is 0.417. The molecule has 1 saturated heterocycles. The lowest BCUT2D eigenvalue weighted by atomic mass is 10.2. The third-order valence-corrected chi connectivity index (χ3v) is 4.35. The molecule has 20 heavy (non-hydrogen) atoms. The molecule has 1 atom stereocenters. The van der Waals surface area contributed by atoms with Crippen LogP contribution in [0.5, 0.6) is 0 Å². The number of nitrogens with two attached hydrogens (primary N) is 2. The summed E-state index contributed by atoms with van der Waals surface area (Å²) in [6.07, 6.45) is 1.55. The number of nitrogens with zero attached hydrogens (tertiary/aromatic N) is 1. The van der Waals surface area contributed by atoms with Crippen molar-refractivity contribution in [2.24, 2.45) is 5.14 Å². The van der Waals surface area contributed by atoms with Crippen LogP contribution in [-0.2, 0) is 14.8 Å². The minimum Gasteiger partial charge on any atom is -0.397 e. The zero-order chi connectivity index (χ0) is 14.9. The topological polar surface area (TPSA) is 119 Å². The Labute approximate surface area is 118 Å². The van der Waals surface area contributed by atoms with Crippen LogP contribution in [0.3, 0.4) is 0 Å². The lowest BCUT2D eigenvalue weighted by Crippen LogP contribution is -2.42. The number of sulfonamides is 1. The van der Waals surface area contributed by atoms with Gasteiger partial charge in [0.1, 0.15) is 6.04 Å². The van der Waals surface area contributed by atoms with Gasteiger partial charge < -0.3 is 16.0 Å². The van der Waals surface area contributed by atoms with Crippen LogP contribution >= 0.6 is 0 Å². The molecule has 0 bridgehead atoms. The molecule has 0 spiro atoms. The molecular weight excluding hydrogens is 280 g/mol. The largest absolute Gasteiger partial charge is 0.397 e. The van der Waals surface area contributed by atoms with E-state index in [1.54, 1.807) is 7.05 Å². The quantitative estimate of drug-likeness (QED) is 0.658. The molecule has 1 fully saturated rings. The maximum atomic E-state index is 11.9. The Hall–Kier alpha value is -1.80. The number of rotatable bonds is 3. The average Bonchev–Trinajstić information content (AvgIpc) is 2.86. The highest BCUT2D eigenvalue weighted by molar-refractivity contribution is 7.89. The first-order valence-electron chi connectivity index (χ1n) is 6.25. The van der Waals surface area contributed by atoms with Crippen molar-refractivity contribution >= 4 is 27.3 Å². The zero-order valence-corrected chi connectivity index (χ0v) is 12.0. The highest BCUT2D eigenvalue weighted by Crippen LogP contribution is 2.32. The van der Waals surface area contributed by atoms with Crippen LogP contribution < -0.4 is 21.1 Å². The van der Waals surface area contributed by atoms with Gasteiger partial charge in [-0.05, 0) is 31.0 Å². The van der Waals surface area contributed by atoms with Crippen molar-refractivity contribution in [3.63, 3.8) is 0 Å². The Morgan fingerprint density at radius 2 is 2.15 bits per heavy atom. The molecule has 2 rings (SSSR count). The molecule has 0 aliphatic carbocycles. The van der Waals surface area contributed by atoms with E-state index < -0.39 is 10.0 Å². The van der Waals surface area contributed by atoms with Gasteiger partial charge in [0.05, 0.1) is 16.3 Å². The minimum absolute atomic E-state index is 0.00995. The van der Waals surface area contributed by atoms with Crippen molar-refractivity contribution in [2.75, 3.05) is 24.2 Å². The van der Waals surface area contributed by atoms with Crippen LogP contribution in [-0.4, -0.2) is 34.0 Å². The number of carbonyl (C=O) groups is 1. The number of likely N-dealkylation sites (N-methyl/N-ethyl adjacent to an activating group) is 1. The van der Waals surface area contributed by atoms with Crippen molar-refractivity contribution < 1.29 is 13.2 Å². The lowest BCUT2D eigenvalue weighted by molar-refractivity contribution is -0.121. The van der Waals surface area contributed by atoms with Crippen LogP contribution in [0, 0.1) is 0 Å². The first-order valence-corrected chi connectivity index (χ1v) is 7.80. The summed E-state index contributed by atoms with van der Waals surface area (Å²) in [4.78, 5) is 13.7. The molecule has 1 heterocycles. The summed E-state index contributed by atoms with van der Waals surface area (Å²) >= 11 is 0. The van der Waals surface area contributed by atoms with Crippen LogP contribution in [0.2, 0.25) is 0 Å². The number of amides is 1. The molecule has 1 unspecified atom stereocenters. The third kappa shape index (κ3) is 2.70. The standard InChI is InChI=1S/C12H18N4O3S/c1-15-12(17)10-3-2-6-16(10)11-7-8(20(14,18)19)4-5-9(11)13/h4-5,7,10H,2-3,6,13H2,1H3,(H,15,17)(H2,14,18,19). The number of anilines is 2. The summed E-state index contributed by atoms with van der Waals surface area (Å²) in [5, 5.41) is 7.74. The van der Waals surface area contributed by atoms with E-state index in [9.17, 15) is 13.2 Å². The van der Waals surface area contributed by atoms with Gasteiger partial charge in [-0.2, -0.15) is 0 Å². The number of hydrogen-bond donors (Lipinski definition) is 3. The number of nitrogens with one attached hydrogen (secondary N) is 1. The molecule has 7 nitrogen and oxygen atoms in total. The second-order valence-corrected chi connectivity index (χ2v) is 6.29. The van der Waals surface area contributed by atoms with Crippen molar-refractivity contribution in [3.8, 4) is 0 Å². The molecule has 0 saturated carbocycles. The van der Waals surface area contributed by atoms with Gasteiger partial charge in [0.15, 0.2) is 0 Å². The Kier molecular flexibility index (Phi) is 3.87. The zero-order valence-electron chi connectivity index (χ0n) is 11.2. The van der Waals surface area contributed by atoms with Gasteiger partial charge >= 0.3 is 0 Å². The Bertz CT molecular complexity index is 630. The molecule has 5 N–H and O–H groups in total. The van der Waals surface area contributed by atoms with Crippen LogP contribution in [0.4, 0.5) is 11.4 Å². The normalized spacial score (nSPS) is 19.1. The molecule has 0 aromatic heterocycles. The van der Waals surface area contributed by atoms with Crippen molar-refractivity contribution in [3.05, 3.63) is 18.2 Å². The maximum Gasteiger partial charge on any atom is 0.242 e. The van der Waals surface area contributed by atoms with Crippen molar-refractivity contribution in [1.29, 1.82) is 0 Å². The molecule has 1 aromatic carbocycles. The molecule has 1 aromatic rings. The van der Waals surface area contributed by atoms with Gasteiger partial charge in [-0.25, -0.2) is 13.6 Å². The summed E-state index contributed by atoms with van der Waals surface area (Å²) < 4.78 is 22.8. The first kappa shape index (κ1) is 14.6. The number of primary sulfonamides is 1. The molecule has 1 aliphatic heterocycles. The van der Waals surface area contributed by atoms with E-state index in [2.05, 4.69) is 5.32 Å². The van der Waals surface area contributed by atoms with Gasteiger partial charge in [0, 0.05) is 13.6 Å². The maximum absolute atomic E-state index is 11.9. The number of nitrogen functional groups attached to an aromatic ring is 1. The monoisotopic (exact) mass is 298 g/mol. The highest BCUT2D eigenvalue weighted by Gasteiger charge is 2.31. The summed E-state index contributed by atoms with van der Waals surface area (Å²) in [7, 11) is -2.23. The van der Waals surface area contributed by atoms with Crippen LogP contribution in [0.25, 0.3) is 0 Å². The summed E-state index contributed by atoms with van der Waals surface area (Å²) in [6.45, 7) is 0.649. The van der Waals surface area contributed by atoms with E-state index in [0.29, 0.717) is 24.3 Å². The molecule has 8 heteroatoms. The van der Waals surface area contributed by atoms with Gasteiger partial charge in [-0.1, -0.05) is 0 Å². The Balaban J connectivity index is 2.44. The molecular formula is C12H18N4O3S.